The highest BCUT2D eigenvalue weighted by molar-refractivity contribution is 7.86. The number of nitrogens with zero attached hydrogens (tertiary/aromatic N) is 6. The van der Waals surface area contributed by atoms with Crippen LogP contribution in [0.3, 0.4) is 0 Å². The molecule has 7 rings (SSSR count). The molecule has 0 radical (unpaired) electrons. The second-order valence-electron chi connectivity index (χ2n) is 26.7. The minimum atomic E-state index is -5.12. The molecule has 2 aromatic carbocycles. The van der Waals surface area contributed by atoms with E-state index < -0.39 is 103 Å². The predicted octanol–water partition coefficient (Wildman–Crippen LogP) is 4.16. The topological polar surface area (TPSA) is 358 Å². The van der Waals surface area contributed by atoms with Gasteiger partial charge in [0.25, 0.3) is 17.5 Å². The summed E-state index contributed by atoms with van der Waals surface area (Å²) in [6.07, 6.45) is 5.91. The van der Waals surface area contributed by atoms with Gasteiger partial charge in [-0.2, -0.15) is 0 Å². The number of quaternary nitrogens is 3. The van der Waals surface area contributed by atoms with E-state index in [9.17, 15) is 64.8 Å². The van der Waals surface area contributed by atoms with Crippen molar-refractivity contribution in [3.8, 4) is 17.2 Å². The Balaban J connectivity index is 0.931. The predicted molar refractivity (Wildman–Crippen MR) is 365 cm³/mol. The highest BCUT2D eigenvalue weighted by Gasteiger charge is 2.55. The molecule has 546 valence electrons. The van der Waals surface area contributed by atoms with E-state index in [0.29, 0.717) is 74.5 Å². The Labute approximate surface area is 584 Å². The van der Waals surface area contributed by atoms with Gasteiger partial charge < -0.3 is 75.5 Å². The van der Waals surface area contributed by atoms with Gasteiger partial charge in [-0.25, -0.2) is 21.6 Å². The lowest BCUT2D eigenvalue weighted by Crippen LogP contribution is -3.10. The number of aryl methyl sites for hydroxylation is 1. The maximum absolute atomic E-state index is 17.5. The highest BCUT2D eigenvalue weighted by atomic mass is 32.2. The fraction of sp³-hybridized carbons (Fsp3) is 0.492. The minimum Gasteiger partial charge on any atom is -0.748 e. The van der Waals surface area contributed by atoms with Crippen molar-refractivity contribution in [1.29, 1.82) is 0 Å². The van der Waals surface area contributed by atoms with E-state index in [0.717, 1.165) is 38.5 Å². The average Bonchev–Trinajstić information content (AvgIpc) is 1.56. The normalized spacial score (nSPS) is 15.9. The van der Waals surface area contributed by atoms with Gasteiger partial charge >= 0.3 is 13.1 Å². The molecule has 4 N–H and O–H groups in total. The molecule has 0 spiro atoms. The van der Waals surface area contributed by atoms with E-state index in [1.807, 2.05) is 32.6 Å². The van der Waals surface area contributed by atoms with E-state index >= 15 is 8.63 Å². The molecule has 0 bridgehead atoms. The molecule has 3 aliphatic rings. The maximum Gasteiger partial charge on any atom is 0.737 e. The number of ether oxygens (including phenoxy) is 4. The number of carbonyl (C=O) groups is 6. The lowest BCUT2D eigenvalue weighted by atomic mass is 9.88. The van der Waals surface area contributed by atoms with Crippen molar-refractivity contribution in [1.82, 2.24) is 25.5 Å². The second-order valence-corrected chi connectivity index (χ2v) is 30.6. The number of methoxy groups -OCH3 is 1. The Morgan fingerprint density at radius 1 is 0.820 bits per heavy atom. The van der Waals surface area contributed by atoms with Gasteiger partial charge in [-0.3, -0.25) is 38.9 Å². The second kappa shape index (κ2) is 34.3. The number of hydroxylamine groups is 2. The average molecular weight is 1460 g/mol. The van der Waals surface area contributed by atoms with Crippen LogP contribution in [0.2, 0.25) is 0 Å². The quantitative estimate of drug-likeness (QED) is 0.00712. The van der Waals surface area contributed by atoms with Crippen LogP contribution in [0.1, 0.15) is 110 Å². The fourth-order valence-corrected chi connectivity index (χ4v) is 13.3. The fourth-order valence-electron chi connectivity index (χ4n) is 11.5. The first kappa shape index (κ1) is 78.9. The van der Waals surface area contributed by atoms with Crippen LogP contribution in [0.5, 0.6) is 17.2 Å². The van der Waals surface area contributed by atoms with Crippen LogP contribution in [0.25, 0.3) is 18.2 Å². The maximum atomic E-state index is 17.5. The first-order valence-corrected chi connectivity index (χ1v) is 36.6. The number of nitrogens with one attached hydrogen (secondary N) is 4. The summed E-state index contributed by atoms with van der Waals surface area (Å²) < 4.78 is 132. The summed E-state index contributed by atoms with van der Waals surface area (Å²) in [7, 11) is 5.50. The lowest BCUT2D eigenvalue weighted by molar-refractivity contribution is -0.878. The molecule has 0 saturated carbocycles. The zero-order valence-electron chi connectivity index (χ0n) is 57.5. The van der Waals surface area contributed by atoms with E-state index in [-0.39, 0.29) is 105 Å². The summed E-state index contributed by atoms with van der Waals surface area (Å²) in [6, 6.07) is 11.0. The Bertz CT molecular complexity index is 4000. The molecule has 4 atom stereocenters. The Morgan fingerprint density at radius 3 is 2.14 bits per heavy atom. The van der Waals surface area contributed by atoms with Crippen molar-refractivity contribution in [2.24, 2.45) is 0 Å². The Morgan fingerprint density at radius 2 is 1.51 bits per heavy atom. The number of rotatable bonds is 39. The Hall–Kier alpha value is -8.45. The molecule has 2 aromatic heterocycles. The monoisotopic (exact) mass is 1460 g/mol. The number of carbonyl (C=O) groups excluding carboxylic acids is 6. The van der Waals surface area contributed by atoms with Crippen LogP contribution in [0, 0.1) is 10.1 Å². The molecule has 100 heavy (non-hydrogen) atoms. The van der Waals surface area contributed by atoms with Crippen molar-refractivity contribution in [2.75, 3.05) is 114 Å². The number of halogens is 2. The van der Waals surface area contributed by atoms with Gasteiger partial charge in [0, 0.05) is 60.5 Å². The van der Waals surface area contributed by atoms with Crippen LogP contribution >= 0.6 is 11.3 Å². The number of hydrogen-bond acceptors (Lipinski definition) is 20. The van der Waals surface area contributed by atoms with E-state index in [1.165, 1.54) is 31.4 Å². The third-order valence-electron chi connectivity index (χ3n) is 16.5. The number of allylic oxidation sites excluding steroid dienone is 2. The van der Waals surface area contributed by atoms with Gasteiger partial charge in [0.1, 0.15) is 37.1 Å². The van der Waals surface area contributed by atoms with Gasteiger partial charge in [0.2, 0.25) is 17.7 Å². The first-order chi connectivity index (χ1) is 46.9. The van der Waals surface area contributed by atoms with E-state index in [4.69, 9.17) is 23.8 Å². The summed E-state index contributed by atoms with van der Waals surface area (Å²) in [5.74, 6) is -5.59. The van der Waals surface area contributed by atoms with E-state index in [1.54, 1.807) is 67.7 Å². The molecule has 0 aliphatic carbocycles. The number of likely N-dealkylation sites (N-methyl/N-ethyl adjacent to an activating group) is 1. The number of unbranched alkanes of at least 4 members (excludes halogenated alkanes) is 1. The highest BCUT2D eigenvalue weighted by Crippen LogP contribution is 2.42. The number of benzene rings is 2. The van der Waals surface area contributed by atoms with Gasteiger partial charge in [-0.15, -0.1) is 11.3 Å². The van der Waals surface area contributed by atoms with Gasteiger partial charge in [0.05, 0.1) is 137 Å². The molecule has 35 heteroatoms. The summed E-state index contributed by atoms with van der Waals surface area (Å²) in [6.45, 7) is -1.09. The third-order valence-corrected chi connectivity index (χ3v) is 19.0. The zero-order valence-corrected chi connectivity index (χ0v) is 59.9. The molecule has 1 saturated heterocycles. The summed E-state index contributed by atoms with van der Waals surface area (Å²) in [4.78, 5) is 94.7. The standard InChI is InChI=1S/C65H87BF2N10O19S3/c1-44(96-65(84)97-75-61(80)27-28-62(75)81)50-40-57(93-9)58(42-55(50)76(85)86)95-35-31-72(2)30-29-69-63(82)51(18-10-11-32-77(3,4)5)71-64(83)52(43-100(90,91)92)70-60(79)20-13-34-94-49-25-22-45(23-26-49)21-24-48-38-46(17-15-37-99(87,88)89)53-41-54-47(16-12-33-78(6,7)8)39-56(59-19-14-36-98-59)74(54)66(67,68)73(48)53/h14,19,21-26,36,38-42,44,51-52H,10-13,15-18,20,27-35,37,43H2,1-9H3,(H3-2,69,70,71,79,82,83,87,88,89,90,91,92)/p+1/b24-21+. The molecule has 4 unspecified atom stereocenters. The molecular weight excluding hydrogens is 1370 g/mol. The number of nitro benzene ring substituents is 1. The summed E-state index contributed by atoms with van der Waals surface area (Å²) in [5.41, 5.74) is 2.31. The van der Waals surface area contributed by atoms with Crippen molar-refractivity contribution in [3.05, 3.63) is 120 Å². The number of imide groups is 1. The van der Waals surface area contributed by atoms with Crippen molar-refractivity contribution in [3.63, 3.8) is 0 Å². The number of amides is 5. The van der Waals surface area contributed by atoms with Gasteiger partial charge in [0.15, 0.2) is 22.9 Å². The molecule has 29 nitrogen and oxygen atoms in total. The minimum absolute atomic E-state index is 0.0119. The zero-order chi connectivity index (χ0) is 73.5. The van der Waals surface area contributed by atoms with E-state index in [2.05, 4.69) is 37.1 Å². The van der Waals surface area contributed by atoms with Crippen molar-refractivity contribution in [2.45, 2.75) is 95.7 Å². The van der Waals surface area contributed by atoms with Crippen LogP contribution < -0.4 is 35.1 Å². The van der Waals surface area contributed by atoms with Crippen LogP contribution in [-0.4, -0.2) is 228 Å². The third kappa shape index (κ3) is 23.0. The molecular formula is C65H88BF2N10O19S3+. The summed E-state index contributed by atoms with van der Waals surface area (Å²) >= 11 is 1.35. The SMILES string of the molecule is COc1cc(C(C)OC(=O)ON2C(=O)CCC2=O)c([N+](=O)[O-])cc1OCC[NH+](C)CCNC(=O)C(CCCC[N+](C)(C)C)NC(=O)C(CS(=O)(=O)[O-])NC(=O)CCCOc1ccc(/C=C/c2cc(CCCS(=O)(=O)[O-])c3n2[B-](F)(F)[N+]2=C(c4cccs4)C=C(CCC[N+](C)(C)C)C2=C3)cc1. The number of fused-ring (bicyclic) bond motifs is 2. The first-order valence-electron chi connectivity index (χ1n) is 32.6. The molecule has 5 heterocycles. The van der Waals surface area contributed by atoms with Crippen LogP contribution in [0.15, 0.2) is 77.3 Å². The van der Waals surface area contributed by atoms with Gasteiger partial charge in [-0.1, -0.05) is 29.3 Å². The summed E-state index contributed by atoms with van der Waals surface area (Å²) in [5, 5.41) is 21.9. The molecule has 3 aliphatic heterocycles. The molecule has 1 fully saturated rings. The number of aromatic nitrogens is 1. The Kier molecular flexibility index (Phi) is 27.0. The van der Waals surface area contributed by atoms with Crippen LogP contribution in [-0.2, 0) is 60.2 Å². The smallest absolute Gasteiger partial charge is 0.737 e. The molecule has 5 amide bonds. The van der Waals surface area contributed by atoms with Gasteiger partial charge in [-0.05, 0) is 105 Å². The number of thiophene rings is 1. The largest absolute Gasteiger partial charge is 0.748 e. The number of hydrogen-bond donors (Lipinski definition) is 4. The van der Waals surface area contributed by atoms with Crippen molar-refractivity contribution < 1.29 is 110 Å². The molecule has 4 aromatic rings. The van der Waals surface area contributed by atoms with Crippen LogP contribution in [0.4, 0.5) is 19.1 Å². The number of nitro groups is 1. The van der Waals surface area contributed by atoms with Crippen molar-refractivity contribution >= 4 is 104 Å². The lowest BCUT2D eigenvalue weighted by Gasteiger charge is -2.31.